The first-order valence-electron chi connectivity index (χ1n) is 9.94. The van der Waals surface area contributed by atoms with E-state index in [1.54, 1.807) is 31.6 Å². The van der Waals surface area contributed by atoms with Crippen molar-refractivity contribution in [2.24, 2.45) is 5.92 Å². The van der Waals surface area contributed by atoms with Crippen LogP contribution in [0.1, 0.15) is 6.42 Å². The van der Waals surface area contributed by atoms with Gasteiger partial charge >= 0.3 is 0 Å². The van der Waals surface area contributed by atoms with Gasteiger partial charge in [-0.1, -0.05) is 12.1 Å². The van der Waals surface area contributed by atoms with Gasteiger partial charge in [0.05, 0.1) is 26.2 Å². The van der Waals surface area contributed by atoms with Crippen molar-refractivity contribution in [3.05, 3.63) is 76.5 Å². The SMILES string of the molecule is C[N+]1([O-])C[C@H]2CCN(c3ccc(-c4ccc(-n5ncccc5=O)nc4)cc3)[C@H]2C1. The van der Waals surface area contributed by atoms with Gasteiger partial charge in [-0.3, -0.25) is 4.79 Å². The highest BCUT2D eigenvalue weighted by Crippen LogP contribution is 2.37. The van der Waals surface area contributed by atoms with Crippen LogP contribution in [0.25, 0.3) is 16.9 Å². The number of pyridine rings is 1. The van der Waals surface area contributed by atoms with E-state index in [-0.39, 0.29) is 10.2 Å². The molecule has 3 aromatic rings. The van der Waals surface area contributed by atoms with E-state index in [1.165, 1.54) is 16.4 Å². The predicted molar refractivity (Wildman–Crippen MR) is 112 cm³/mol. The molecule has 148 valence electrons. The van der Waals surface area contributed by atoms with Crippen LogP contribution in [0.15, 0.2) is 65.7 Å². The van der Waals surface area contributed by atoms with E-state index in [4.69, 9.17) is 0 Å². The molecule has 3 atom stereocenters. The predicted octanol–water partition coefficient (Wildman–Crippen LogP) is 2.45. The zero-order chi connectivity index (χ0) is 20.0. The molecule has 4 heterocycles. The summed E-state index contributed by atoms with van der Waals surface area (Å²) in [6.07, 6.45) is 4.42. The van der Waals surface area contributed by atoms with Crippen molar-refractivity contribution >= 4 is 5.69 Å². The molecule has 1 unspecified atom stereocenters. The van der Waals surface area contributed by atoms with Crippen LogP contribution in [0.3, 0.4) is 0 Å². The lowest BCUT2D eigenvalue weighted by Gasteiger charge is -2.36. The number of hydrogen-bond acceptors (Lipinski definition) is 5. The Bertz CT molecular complexity index is 1080. The Balaban J connectivity index is 1.36. The number of hydroxylamine groups is 3. The molecule has 29 heavy (non-hydrogen) atoms. The number of hydrogen-bond donors (Lipinski definition) is 0. The van der Waals surface area contributed by atoms with E-state index in [0.29, 0.717) is 24.3 Å². The molecule has 0 amide bonds. The van der Waals surface area contributed by atoms with Crippen molar-refractivity contribution < 1.29 is 4.65 Å². The minimum absolute atomic E-state index is 0.124. The van der Waals surface area contributed by atoms with Crippen molar-refractivity contribution in [3.8, 4) is 16.9 Å². The Morgan fingerprint density at radius 1 is 1.07 bits per heavy atom. The van der Waals surface area contributed by atoms with Crippen LogP contribution < -0.4 is 10.5 Å². The van der Waals surface area contributed by atoms with Crippen LogP contribution >= 0.6 is 0 Å². The summed E-state index contributed by atoms with van der Waals surface area (Å²) in [6, 6.07) is 15.6. The van der Waals surface area contributed by atoms with Gasteiger partial charge in [-0.05, 0) is 42.3 Å². The van der Waals surface area contributed by atoms with Crippen LogP contribution in [-0.2, 0) is 0 Å². The van der Waals surface area contributed by atoms with Gasteiger partial charge in [-0.25, -0.2) is 4.98 Å². The normalized spacial score (nSPS) is 25.9. The number of rotatable bonds is 3. The summed E-state index contributed by atoms with van der Waals surface area (Å²) < 4.78 is 1.15. The Hall–Kier alpha value is -3.03. The largest absolute Gasteiger partial charge is 0.633 e. The van der Waals surface area contributed by atoms with Crippen molar-refractivity contribution in [2.45, 2.75) is 12.5 Å². The summed E-state index contributed by atoms with van der Waals surface area (Å²) in [7, 11) is 1.79. The number of anilines is 1. The quantitative estimate of drug-likeness (QED) is 0.508. The highest BCUT2D eigenvalue weighted by atomic mass is 16.5. The van der Waals surface area contributed by atoms with Gasteiger partial charge in [0.1, 0.15) is 0 Å². The minimum atomic E-state index is -0.208. The zero-order valence-corrected chi connectivity index (χ0v) is 16.3. The summed E-state index contributed by atoms with van der Waals surface area (Å²) in [6.45, 7) is 2.42. The lowest BCUT2D eigenvalue weighted by Crippen LogP contribution is -2.40. The molecule has 7 nitrogen and oxygen atoms in total. The maximum atomic E-state index is 12.4. The number of nitrogens with zero attached hydrogens (tertiary/aromatic N) is 5. The Morgan fingerprint density at radius 2 is 1.86 bits per heavy atom. The lowest BCUT2D eigenvalue weighted by molar-refractivity contribution is -0.849. The second-order valence-electron chi connectivity index (χ2n) is 8.20. The molecular formula is C22H23N5O2. The van der Waals surface area contributed by atoms with Crippen molar-refractivity contribution in [1.29, 1.82) is 0 Å². The van der Waals surface area contributed by atoms with E-state index in [9.17, 15) is 10.0 Å². The molecule has 0 radical (unpaired) electrons. The first-order valence-corrected chi connectivity index (χ1v) is 9.94. The molecule has 0 bridgehead atoms. The summed E-state index contributed by atoms with van der Waals surface area (Å²) in [4.78, 5) is 18.7. The topological polar surface area (TPSA) is 74.1 Å². The number of aromatic nitrogens is 3. The van der Waals surface area contributed by atoms with Gasteiger partial charge in [0.25, 0.3) is 5.56 Å². The van der Waals surface area contributed by atoms with E-state index in [2.05, 4.69) is 39.2 Å². The lowest BCUT2D eigenvalue weighted by atomic mass is 10.0. The number of likely N-dealkylation sites (tertiary alicyclic amines) is 1. The second kappa shape index (κ2) is 6.79. The van der Waals surface area contributed by atoms with E-state index < -0.39 is 0 Å². The second-order valence-corrected chi connectivity index (χ2v) is 8.20. The molecule has 0 saturated carbocycles. The molecule has 2 aromatic heterocycles. The fraction of sp³-hybridized carbons (Fsp3) is 0.318. The molecule has 0 aliphatic carbocycles. The molecule has 5 rings (SSSR count). The fourth-order valence-electron chi connectivity index (χ4n) is 4.72. The number of likely N-dealkylation sites (N-methyl/N-ethyl adjacent to an activating group) is 1. The fourth-order valence-corrected chi connectivity index (χ4v) is 4.72. The van der Waals surface area contributed by atoms with Gasteiger partial charge < -0.3 is 14.8 Å². The highest BCUT2D eigenvalue weighted by Gasteiger charge is 2.45. The minimum Gasteiger partial charge on any atom is -0.633 e. The smallest absolute Gasteiger partial charge is 0.272 e. The number of benzene rings is 1. The van der Waals surface area contributed by atoms with Crippen molar-refractivity contribution in [2.75, 3.05) is 31.6 Å². The van der Waals surface area contributed by atoms with Crippen LogP contribution in [0.2, 0.25) is 0 Å². The van der Waals surface area contributed by atoms with Crippen molar-refractivity contribution in [1.82, 2.24) is 14.8 Å². The maximum absolute atomic E-state index is 12.4. The van der Waals surface area contributed by atoms with E-state index in [1.807, 2.05) is 6.07 Å². The highest BCUT2D eigenvalue weighted by molar-refractivity contribution is 5.66. The van der Waals surface area contributed by atoms with Gasteiger partial charge in [-0.2, -0.15) is 9.78 Å². The zero-order valence-electron chi connectivity index (χ0n) is 16.3. The van der Waals surface area contributed by atoms with Gasteiger partial charge in [0.15, 0.2) is 5.82 Å². The molecular weight excluding hydrogens is 366 g/mol. The third-order valence-corrected chi connectivity index (χ3v) is 6.09. The molecule has 2 aliphatic rings. The Morgan fingerprint density at radius 3 is 2.59 bits per heavy atom. The molecule has 2 aliphatic heterocycles. The van der Waals surface area contributed by atoms with Crippen LogP contribution in [-0.4, -0.2) is 52.1 Å². The van der Waals surface area contributed by atoms with Gasteiger partial charge in [0, 0.05) is 42.2 Å². The summed E-state index contributed by atoms with van der Waals surface area (Å²) in [5.41, 5.74) is 3.01. The van der Waals surface area contributed by atoms with Gasteiger partial charge in [-0.15, -0.1) is 0 Å². The molecule has 0 spiro atoms. The summed E-state index contributed by atoms with van der Waals surface area (Å²) in [5.74, 6) is 1.00. The molecule has 2 fully saturated rings. The van der Waals surface area contributed by atoms with Gasteiger partial charge in [0.2, 0.25) is 0 Å². The first-order chi connectivity index (χ1) is 14.0. The van der Waals surface area contributed by atoms with E-state index in [0.717, 1.165) is 30.6 Å². The first kappa shape index (κ1) is 18.0. The summed E-state index contributed by atoms with van der Waals surface area (Å²) >= 11 is 0. The van der Waals surface area contributed by atoms with Crippen LogP contribution in [0, 0.1) is 11.1 Å². The third-order valence-electron chi connectivity index (χ3n) is 6.09. The number of quaternary nitrogens is 1. The molecule has 2 saturated heterocycles. The van der Waals surface area contributed by atoms with E-state index >= 15 is 0 Å². The third kappa shape index (κ3) is 3.32. The molecule has 1 aromatic carbocycles. The number of fused-ring (bicyclic) bond motifs is 1. The molecule has 0 N–H and O–H groups in total. The standard InChI is InChI=1S/C22H23N5O2/c1-27(29)14-18-10-12-25(20(18)15-27)19-7-4-16(5-8-19)17-6-9-21(23-13-17)26-22(28)3-2-11-24-26/h2-9,11,13,18,20H,10,12,14-15H2,1H3/t18-,20+,27?/m1/s1. The average Bonchev–Trinajstić information content (AvgIpc) is 3.24. The van der Waals surface area contributed by atoms with Crippen molar-refractivity contribution in [3.63, 3.8) is 0 Å². The van der Waals surface area contributed by atoms with Crippen LogP contribution in [0.4, 0.5) is 5.69 Å². The Kier molecular flexibility index (Phi) is 4.22. The van der Waals surface area contributed by atoms with Crippen LogP contribution in [0.5, 0.6) is 0 Å². The summed E-state index contributed by atoms with van der Waals surface area (Å²) in [5, 5.41) is 16.4. The maximum Gasteiger partial charge on any atom is 0.272 e. The molecule has 7 heteroatoms. The Labute approximate surface area is 169 Å². The average molecular weight is 389 g/mol. The monoisotopic (exact) mass is 389 g/mol.